The van der Waals surface area contributed by atoms with E-state index in [0.717, 1.165) is 16.8 Å². The maximum Gasteiger partial charge on any atom is 0.338 e. The molecule has 0 unspecified atom stereocenters. The molecule has 0 bridgehead atoms. The second-order valence-corrected chi connectivity index (χ2v) is 8.93. The number of phenolic OH excluding ortho intramolecular Hbond substituents is 1. The first kappa shape index (κ1) is 23.9. The Hall–Kier alpha value is -2.72. The first-order chi connectivity index (χ1) is 15.2. The summed E-state index contributed by atoms with van der Waals surface area (Å²) in [4.78, 5) is 25.4. The number of rotatable bonds is 6. The number of allylic oxidation sites excluding steroid dienone is 1. The Balaban J connectivity index is 1.77. The van der Waals surface area contributed by atoms with E-state index in [1.165, 1.54) is 19.2 Å². The maximum absolute atomic E-state index is 12.8. The first-order valence-electron chi connectivity index (χ1n) is 9.05. The molecule has 0 spiro atoms. The number of nitrogens with one attached hydrogen (secondary N) is 2. The predicted octanol–water partition coefficient (Wildman–Crippen LogP) is 5.37. The molecule has 1 saturated heterocycles. The number of carbonyl (C=O) groups is 2. The molecule has 1 aliphatic heterocycles. The molecule has 0 atom stereocenters. The largest absolute Gasteiger partial charge is 0.504 e. The Kier molecular flexibility index (Phi) is 7.68. The van der Waals surface area contributed by atoms with Crippen molar-refractivity contribution in [2.75, 3.05) is 12.4 Å². The number of carbonyl (C=O) groups excluding carboxylic acids is 2. The van der Waals surface area contributed by atoms with Crippen molar-refractivity contribution in [2.45, 2.75) is 6.42 Å². The number of hydrazine groups is 1. The Morgan fingerprint density at radius 3 is 2.72 bits per heavy atom. The molecule has 0 radical (unpaired) electrons. The van der Waals surface area contributed by atoms with Crippen molar-refractivity contribution in [3.05, 3.63) is 69.1 Å². The number of aromatic hydroxyl groups is 1. The first-order valence-corrected chi connectivity index (χ1v) is 11.0. The topological polar surface area (TPSA) is 90.9 Å². The molecule has 3 N–H and O–H groups in total. The number of hydrogen-bond acceptors (Lipinski definition) is 6. The number of thioether (sulfide) groups is 1. The SMILES string of the molecule is C=CCc1cc(/C=C2\SC(=S)N(NC(=O)Nc3ccc(Cl)c(Cl)c3)C2=O)cc(OC)c1O. The molecule has 11 heteroatoms. The summed E-state index contributed by atoms with van der Waals surface area (Å²) in [6, 6.07) is 7.22. The number of methoxy groups -OCH3 is 1. The van der Waals surface area contributed by atoms with Crippen LogP contribution in [0.25, 0.3) is 6.08 Å². The zero-order valence-electron chi connectivity index (χ0n) is 16.6. The van der Waals surface area contributed by atoms with Gasteiger partial charge >= 0.3 is 6.03 Å². The van der Waals surface area contributed by atoms with Gasteiger partial charge in [0.25, 0.3) is 5.91 Å². The summed E-state index contributed by atoms with van der Waals surface area (Å²) in [6.45, 7) is 3.67. The number of anilines is 1. The lowest BCUT2D eigenvalue weighted by atomic mass is 10.1. The average Bonchev–Trinajstić information content (AvgIpc) is 3.00. The monoisotopic (exact) mass is 509 g/mol. The van der Waals surface area contributed by atoms with Crippen molar-refractivity contribution < 1.29 is 19.4 Å². The van der Waals surface area contributed by atoms with Gasteiger partial charge in [-0.25, -0.2) is 10.2 Å². The van der Waals surface area contributed by atoms with Gasteiger partial charge in [-0.05, 0) is 60.6 Å². The van der Waals surface area contributed by atoms with E-state index in [1.807, 2.05) is 0 Å². The number of phenols is 1. The number of ether oxygens (including phenoxy) is 1. The van der Waals surface area contributed by atoms with E-state index in [0.29, 0.717) is 33.2 Å². The Bertz CT molecular complexity index is 1150. The lowest BCUT2D eigenvalue weighted by Crippen LogP contribution is -2.46. The van der Waals surface area contributed by atoms with Crippen LogP contribution in [-0.2, 0) is 11.2 Å². The van der Waals surface area contributed by atoms with Gasteiger partial charge in [0.1, 0.15) is 0 Å². The quantitative estimate of drug-likeness (QED) is 0.275. The van der Waals surface area contributed by atoms with Gasteiger partial charge in [-0.3, -0.25) is 4.79 Å². The summed E-state index contributed by atoms with van der Waals surface area (Å²) in [5.41, 5.74) is 4.03. The molecule has 3 rings (SSSR count). The molecule has 1 heterocycles. The molecule has 1 fully saturated rings. The van der Waals surface area contributed by atoms with Crippen LogP contribution in [0.3, 0.4) is 0 Å². The van der Waals surface area contributed by atoms with Gasteiger partial charge < -0.3 is 15.2 Å². The van der Waals surface area contributed by atoms with Crippen molar-refractivity contribution in [3.8, 4) is 11.5 Å². The highest BCUT2D eigenvalue weighted by atomic mass is 35.5. The lowest BCUT2D eigenvalue weighted by Gasteiger charge is -2.16. The van der Waals surface area contributed by atoms with E-state index >= 15 is 0 Å². The van der Waals surface area contributed by atoms with Gasteiger partial charge in [0.2, 0.25) is 0 Å². The minimum atomic E-state index is -0.680. The van der Waals surface area contributed by atoms with Gasteiger partial charge in [0.05, 0.1) is 22.1 Å². The number of benzene rings is 2. The summed E-state index contributed by atoms with van der Waals surface area (Å²) in [5.74, 6) is -0.218. The van der Waals surface area contributed by atoms with Crippen LogP contribution in [-0.4, -0.2) is 33.5 Å². The molecule has 166 valence electrons. The number of hydrogen-bond donors (Lipinski definition) is 3. The molecular weight excluding hydrogens is 493 g/mol. The average molecular weight is 510 g/mol. The van der Waals surface area contributed by atoms with Crippen LogP contribution < -0.4 is 15.5 Å². The minimum Gasteiger partial charge on any atom is -0.504 e. The van der Waals surface area contributed by atoms with Crippen molar-refractivity contribution in [1.29, 1.82) is 0 Å². The molecular formula is C21H17Cl2N3O4S2. The second-order valence-electron chi connectivity index (χ2n) is 6.44. The molecule has 3 amide bonds. The summed E-state index contributed by atoms with van der Waals surface area (Å²) in [7, 11) is 1.44. The van der Waals surface area contributed by atoms with Crippen LogP contribution in [0.15, 0.2) is 47.9 Å². The fourth-order valence-corrected chi connectivity index (χ4v) is 4.27. The van der Waals surface area contributed by atoms with E-state index in [-0.39, 0.29) is 20.8 Å². The summed E-state index contributed by atoms with van der Waals surface area (Å²) >= 11 is 18.1. The summed E-state index contributed by atoms with van der Waals surface area (Å²) in [5, 5.41) is 14.4. The van der Waals surface area contributed by atoms with Crippen LogP contribution in [0.5, 0.6) is 11.5 Å². The highest BCUT2D eigenvalue weighted by molar-refractivity contribution is 8.26. The van der Waals surface area contributed by atoms with Crippen LogP contribution in [0, 0.1) is 0 Å². The number of amides is 3. The van der Waals surface area contributed by atoms with Gasteiger partial charge in [0, 0.05) is 11.3 Å². The fourth-order valence-electron chi connectivity index (χ4n) is 2.79. The Labute approximate surface area is 204 Å². The summed E-state index contributed by atoms with van der Waals surface area (Å²) < 4.78 is 5.36. The van der Waals surface area contributed by atoms with E-state index in [4.69, 9.17) is 40.2 Å². The molecule has 32 heavy (non-hydrogen) atoms. The minimum absolute atomic E-state index is 0.0118. The zero-order valence-corrected chi connectivity index (χ0v) is 19.8. The van der Waals surface area contributed by atoms with E-state index < -0.39 is 11.9 Å². The van der Waals surface area contributed by atoms with Crippen LogP contribution in [0.4, 0.5) is 10.5 Å². The van der Waals surface area contributed by atoms with Crippen molar-refractivity contribution in [1.82, 2.24) is 10.4 Å². The molecule has 2 aromatic rings. The van der Waals surface area contributed by atoms with Crippen molar-refractivity contribution >= 4 is 75.2 Å². The third-order valence-corrected chi connectivity index (χ3v) is 6.28. The molecule has 7 nitrogen and oxygen atoms in total. The normalized spacial score (nSPS) is 14.6. The standard InChI is InChI=1S/C21H17Cl2N3O4S2/c1-3-4-12-7-11(8-16(30-2)18(12)27)9-17-19(28)26(21(31)32-17)25-20(29)24-13-5-6-14(22)15(23)10-13/h3,5-10,27H,1,4H2,2H3,(H2,24,25,29)/b17-9-. The van der Waals surface area contributed by atoms with Crippen molar-refractivity contribution in [3.63, 3.8) is 0 Å². The summed E-state index contributed by atoms with van der Waals surface area (Å²) in [6.07, 6.45) is 3.67. The molecule has 2 aromatic carbocycles. The van der Waals surface area contributed by atoms with Crippen LogP contribution in [0.1, 0.15) is 11.1 Å². The smallest absolute Gasteiger partial charge is 0.338 e. The third kappa shape index (κ3) is 5.36. The molecule has 0 aromatic heterocycles. The predicted molar refractivity (Wildman–Crippen MR) is 132 cm³/mol. The van der Waals surface area contributed by atoms with E-state index in [9.17, 15) is 14.7 Å². The Morgan fingerprint density at radius 2 is 2.06 bits per heavy atom. The molecule has 0 aliphatic carbocycles. The van der Waals surface area contributed by atoms with Gasteiger partial charge in [-0.15, -0.1) is 6.58 Å². The van der Waals surface area contributed by atoms with Gasteiger partial charge in [0.15, 0.2) is 15.8 Å². The Morgan fingerprint density at radius 1 is 1.31 bits per heavy atom. The number of thiocarbonyl (C=S) groups is 1. The zero-order chi connectivity index (χ0) is 23.4. The van der Waals surface area contributed by atoms with Crippen LogP contribution >= 0.6 is 47.2 Å². The van der Waals surface area contributed by atoms with Gasteiger partial charge in [-0.1, -0.05) is 41.0 Å². The lowest BCUT2D eigenvalue weighted by molar-refractivity contribution is -0.123. The van der Waals surface area contributed by atoms with Crippen LogP contribution in [0.2, 0.25) is 10.0 Å². The highest BCUT2D eigenvalue weighted by Gasteiger charge is 2.33. The number of urea groups is 1. The molecule has 1 aliphatic rings. The molecule has 0 saturated carbocycles. The second kappa shape index (κ2) is 10.3. The number of halogens is 2. The maximum atomic E-state index is 12.8. The van der Waals surface area contributed by atoms with E-state index in [1.54, 1.807) is 30.4 Å². The third-order valence-electron chi connectivity index (χ3n) is 4.24. The number of nitrogens with zero attached hydrogens (tertiary/aromatic N) is 1. The van der Waals surface area contributed by atoms with Crippen molar-refractivity contribution in [2.24, 2.45) is 0 Å². The van der Waals surface area contributed by atoms with Gasteiger partial charge in [-0.2, -0.15) is 5.01 Å². The fraction of sp³-hybridized carbons (Fsp3) is 0.0952. The highest BCUT2D eigenvalue weighted by Crippen LogP contribution is 2.36. The van der Waals surface area contributed by atoms with E-state index in [2.05, 4.69) is 17.3 Å².